The van der Waals surface area contributed by atoms with Crippen molar-refractivity contribution in [3.63, 3.8) is 0 Å². The molecule has 21 atom stereocenters. The van der Waals surface area contributed by atoms with Gasteiger partial charge in [-0.2, -0.15) is 0 Å². The van der Waals surface area contributed by atoms with Crippen molar-refractivity contribution in [3.8, 4) is 0 Å². The Labute approximate surface area is 419 Å². The van der Waals surface area contributed by atoms with E-state index in [2.05, 4.69) is 83.1 Å². The zero-order chi connectivity index (χ0) is 48.9. The molecular weight excluding hydrogens is 835 g/mol. The molecule has 0 aromatic rings. The number of ether oxygens (including phenoxy) is 2. The van der Waals surface area contributed by atoms with Crippen molar-refractivity contribution < 1.29 is 19.1 Å². The van der Waals surface area contributed by atoms with Gasteiger partial charge in [0.25, 0.3) is 0 Å². The Morgan fingerprint density at radius 2 is 0.956 bits per heavy atom. The highest BCUT2D eigenvalue weighted by Gasteiger charge is 2.65. The summed E-state index contributed by atoms with van der Waals surface area (Å²) in [6.45, 7) is 30.1. The summed E-state index contributed by atoms with van der Waals surface area (Å²) in [6.07, 6.45) is 31.5. The fourth-order valence-corrected chi connectivity index (χ4v) is 21.1. The van der Waals surface area contributed by atoms with Gasteiger partial charge in [0.1, 0.15) is 18.2 Å². The number of nitrogens with two attached hydrogens (primary N) is 1. The normalized spacial score (nSPS) is 44.3. The van der Waals surface area contributed by atoms with Gasteiger partial charge in [-0.25, -0.2) is 0 Å². The molecule has 0 spiro atoms. The van der Waals surface area contributed by atoms with Gasteiger partial charge < -0.3 is 15.2 Å². The Morgan fingerprint density at radius 1 is 0.515 bits per heavy atom. The molecule has 5 unspecified atom stereocenters. The minimum atomic E-state index is -0.790. The molecule has 8 rings (SSSR count). The molecule has 0 heterocycles. The molecular formula is C63H109NO4. The van der Waals surface area contributed by atoms with Gasteiger partial charge in [0, 0.05) is 17.3 Å². The van der Waals surface area contributed by atoms with Crippen LogP contribution in [0.1, 0.15) is 250 Å². The standard InChI is InChI=1S/C63H109NO4/c1-13-43(39(3)4)23-21-41(7)49-29-31-51-47-27-25-45-17-15-19-56(62(45,11)53(47)35-37-60(49,51)9)67-58(65)34-33-55(64)59(66)68-57-20-16-18-46-26-28-48-52-32-30-50(42(8)22-24-44(14-2)40(5)6)61(52,10)38-36-54(48)63(46,57)12/h39-57H,13-38,64H2,1-12H3/t41-,42-,43-,44-,45?,46?,47-,48-,49-,50-,51+,52+,53+,54+,55?,56?,57?,60-,61-,62+,63+/m1/s1. The summed E-state index contributed by atoms with van der Waals surface area (Å²) in [6, 6.07) is -0.790. The quantitative estimate of drug-likeness (QED) is 0.139. The van der Waals surface area contributed by atoms with Gasteiger partial charge >= 0.3 is 11.9 Å². The maximum Gasteiger partial charge on any atom is 0.323 e. The summed E-state index contributed by atoms with van der Waals surface area (Å²) in [5.74, 6) is 11.7. The van der Waals surface area contributed by atoms with E-state index in [9.17, 15) is 9.59 Å². The van der Waals surface area contributed by atoms with E-state index in [-0.39, 0.29) is 41.4 Å². The van der Waals surface area contributed by atoms with Gasteiger partial charge in [0.15, 0.2) is 0 Å². The fraction of sp³-hybridized carbons (Fsp3) is 0.968. The maximum atomic E-state index is 14.1. The monoisotopic (exact) mass is 944 g/mol. The summed E-state index contributed by atoms with van der Waals surface area (Å²) in [4.78, 5) is 28.1. The van der Waals surface area contributed by atoms with Crippen LogP contribution in [0.2, 0.25) is 0 Å². The van der Waals surface area contributed by atoms with Crippen LogP contribution in [-0.4, -0.2) is 30.2 Å². The van der Waals surface area contributed by atoms with E-state index < -0.39 is 6.04 Å². The van der Waals surface area contributed by atoms with Crippen LogP contribution in [0.4, 0.5) is 0 Å². The van der Waals surface area contributed by atoms with Gasteiger partial charge in [-0.1, -0.05) is 109 Å². The van der Waals surface area contributed by atoms with E-state index in [1.807, 2.05) is 0 Å². The van der Waals surface area contributed by atoms with Crippen molar-refractivity contribution in [2.75, 3.05) is 0 Å². The SMILES string of the molecule is CC[C@H](CC[C@@H](C)[C@H]1CC[C@H]2[C@H]3CCC4CCCC(OC(=O)CCC(N)C(=O)OC5CCCC6CC[C@H]7[C@H](CC[C@]8(C)[C@@H]([C@H](C)CC[C@@H](CC)C(C)C)CC[C@@H]78)[C@]65C)[C@]4(C)[C@H]3CC[C@]12C)C(C)C. The molecule has 0 aromatic heterocycles. The molecule has 8 aliphatic rings. The second kappa shape index (κ2) is 21.4. The van der Waals surface area contributed by atoms with E-state index in [4.69, 9.17) is 15.2 Å². The molecule has 390 valence electrons. The smallest absolute Gasteiger partial charge is 0.323 e. The molecule has 5 heteroatoms. The third kappa shape index (κ3) is 9.63. The second-order valence-corrected chi connectivity index (χ2v) is 28.3. The largest absolute Gasteiger partial charge is 0.462 e. The van der Waals surface area contributed by atoms with Crippen LogP contribution in [0.5, 0.6) is 0 Å². The van der Waals surface area contributed by atoms with Crippen LogP contribution < -0.4 is 5.73 Å². The lowest BCUT2D eigenvalue weighted by atomic mass is 9.44. The van der Waals surface area contributed by atoms with Gasteiger partial charge in [-0.3, -0.25) is 9.59 Å². The summed E-state index contributed by atoms with van der Waals surface area (Å²) in [5.41, 5.74) is 7.69. The molecule has 2 N–H and O–H groups in total. The van der Waals surface area contributed by atoms with Crippen LogP contribution >= 0.6 is 0 Å². The molecule has 0 amide bonds. The fourth-order valence-electron chi connectivity index (χ4n) is 21.1. The predicted molar refractivity (Wildman–Crippen MR) is 281 cm³/mol. The number of fused-ring (bicyclic) bond motifs is 10. The summed E-state index contributed by atoms with van der Waals surface area (Å²) < 4.78 is 13.3. The third-order valence-electron chi connectivity index (χ3n) is 25.3. The first kappa shape index (κ1) is 53.2. The lowest BCUT2D eigenvalue weighted by Crippen LogP contribution is -2.59. The molecule has 5 nitrogen and oxygen atoms in total. The summed E-state index contributed by atoms with van der Waals surface area (Å²) in [5, 5.41) is 0. The zero-order valence-electron chi connectivity index (χ0n) is 46.6. The molecule has 68 heavy (non-hydrogen) atoms. The zero-order valence-corrected chi connectivity index (χ0v) is 46.6. The molecule has 0 aromatic carbocycles. The average Bonchev–Trinajstić information content (AvgIpc) is 3.85. The number of carbonyl (C=O) groups excluding carboxylic acids is 2. The van der Waals surface area contributed by atoms with Crippen LogP contribution in [0, 0.1) is 116 Å². The van der Waals surface area contributed by atoms with Crippen molar-refractivity contribution in [1.29, 1.82) is 0 Å². The lowest BCUT2D eigenvalue weighted by molar-refractivity contribution is -0.194. The number of hydrogen-bond donors (Lipinski definition) is 1. The van der Waals surface area contributed by atoms with Gasteiger partial charge in [0.05, 0.1) is 0 Å². The molecule has 8 saturated carbocycles. The van der Waals surface area contributed by atoms with E-state index in [0.717, 1.165) is 96.7 Å². The van der Waals surface area contributed by atoms with Crippen LogP contribution in [0.15, 0.2) is 0 Å². The average molecular weight is 945 g/mol. The van der Waals surface area contributed by atoms with Crippen LogP contribution in [0.3, 0.4) is 0 Å². The summed E-state index contributed by atoms with van der Waals surface area (Å²) >= 11 is 0. The highest BCUT2D eigenvalue weighted by molar-refractivity contribution is 5.77. The summed E-state index contributed by atoms with van der Waals surface area (Å²) in [7, 11) is 0. The van der Waals surface area contributed by atoms with E-state index in [1.54, 1.807) is 0 Å². The van der Waals surface area contributed by atoms with Crippen LogP contribution in [-0.2, 0) is 19.1 Å². The van der Waals surface area contributed by atoms with Crippen molar-refractivity contribution in [2.24, 2.45) is 122 Å². The van der Waals surface area contributed by atoms with Crippen molar-refractivity contribution >= 4 is 11.9 Å². The Hall–Kier alpha value is -1.10. The van der Waals surface area contributed by atoms with Crippen LogP contribution in [0.25, 0.3) is 0 Å². The Bertz CT molecular complexity index is 1690. The van der Waals surface area contributed by atoms with Gasteiger partial charge in [0.2, 0.25) is 0 Å². The minimum absolute atomic E-state index is 0.0108. The highest BCUT2D eigenvalue weighted by atomic mass is 16.6. The van der Waals surface area contributed by atoms with Gasteiger partial charge in [-0.05, 0) is 240 Å². The first-order valence-corrected chi connectivity index (χ1v) is 30.5. The Balaban J connectivity index is 0.858. The molecule has 0 bridgehead atoms. The number of hydrogen-bond acceptors (Lipinski definition) is 5. The first-order valence-electron chi connectivity index (χ1n) is 30.5. The second-order valence-electron chi connectivity index (χ2n) is 28.3. The van der Waals surface area contributed by atoms with Crippen molar-refractivity contribution in [3.05, 3.63) is 0 Å². The first-order chi connectivity index (χ1) is 32.3. The number of rotatable bonds is 18. The Kier molecular flexibility index (Phi) is 16.7. The number of carbonyl (C=O) groups is 2. The van der Waals surface area contributed by atoms with Gasteiger partial charge in [-0.15, -0.1) is 0 Å². The topological polar surface area (TPSA) is 78.6 Å². The minimum Gasteiger partial charge on any atom is -0.462 e. The van der Waals surface area contributed by atoms with E-state index in [0.29, 0.717) is 40.9 Å². The van der Waals surface area contributed by atoms with Crippen molar-refractivity contribution in [1.82, 2.24) is 0 Å². The number of esters is 2. The molecule has 8 aliphatic carbocycles. The Morgan fingerprint density at radius 3 is 1.38 bits per heavy atom. The molecule has 0 saturated heterocycles. The predicted octanol–water partition coefficient (Wildman–Crippen LogP) is 16.4. The molecule has 0 radical (unpaired) electrons. The van der Waals surface area contributed by atoms with Crippen molar-refractivity contribution in [2.45, 2.75) is 268 Å². The highest BCUT2D eigenvalue weighted by Crippen LogP contribution is 2.71. The van der Waals surface area contributed by atoms with E-state index in [1.165, 1.54) is 128 Å². The molecule has 0 aliphatic heterocycles. The van der Waals surface area contributed by atoms with E-state index >= 15 is 0 Å². The maximum absolute atomic E-state index is 14.1. The lowest BCUT2D eigenvalue weighted by Gasteiger charge is -2.62. The molecule has 8 fully saturated rings. The third-order valence-corrected chi connectivity index (χ3v) is 25.3.